The van der Waals surface area contributed by atoms with Crippen LogP contribution >= 0.6 is 11.8 Å². The first kappa shape index (κ1) is 12.0. The van der Waals surface area contributed by atoms with E-state index in [1.165, 1.54) is 68.4 Å². The molecule has 2 rings (SSSR count). The highest BCUT2D eigenvalue weighted by Gasteiger charge is 2.24. The van der Waals surface area contributed by atoms with E-state index in [0.29, 0.717) is 0 Å². The fourth-order valence-electron chi connectivity index (χ4n) is 2.43. The van der Waals surface area contributed by atoms with Crippen molar-refractivity contribution < 1.29 is 0 Å². The summed E-state index contributed by atoms with van der Waals surface area (Å²) in [5.74, 6) is 0. The maximum Gasteiger partial charge on any atom is 0.355 e. The summed E-state index contributed by atoms with van der Waals surface area (Å²) in [7, 11) is 0. The van der Waals surface area contributed by atoms with E-state index in [1.807, 2.05) is 0 Å². The van der Waals surface area contributed by atoms with Gasteiger partial charge in [0.15, 0.2) is 5.70 Å². The van der Waals surface area contributed by atoms with Crippen molar-refractivity contribution in [1.82, 2.24) is 4.99 Å². The molecule has 1 heterocycles. The van der Waals surface area contributed by atoms with Gasteiger partial charge in [0.1, 0.15) is 0 Å². The lowest BCUT2D eigenvalue weighted by molar-refractivity contribution is 0.560. The first-order valence-corrected chi connectivity index (χ1v) is 7.42. The van der Waals surface area contributed by atoms with Gasteiger partial charge < -0.3 is 0 Å². The van der Waals surface area contributed by atoms with E-state index in [-0.39, 0.29) is 0 Å². The van der Waals surface area contributed by atoms with Gasteiger partial charge in [0.25, 0.3) is 0 Å². The van der Waals surface area contributed by atoms with Crippen molar-refractivity contribution in [2.45, 2.75) is 64.2 Å². The molecule has 0 spiro atoms. The highest BCUT2D eigenvalue weighted by molar-refractivity contribution is 8.17. The number of hydrogen-bond acceptors (Lipinski definition) is 3. The third-order valence-electron chi connectivity index (χ3n) is 3.36. The number of rotatable bonds is 0. The van der Waals surface area contributed by atoms with Crippen molar-refractivity contribution in [3.63, 3.8) is 0 Å². The van der Waals surface area contributed by atoms with Crippen LogP contribution in [0.4, 0.5) is 0 Å². The van der Waals surface area contributed by atoms with E-state index in [9.17, 15) is 0 Å². The maximum atomic E-state index is 5.81. The highest BCUT2D eigenvalue weighted by atomic mass is 32.2. The molecule has 2 aliphatic rings. The fraction of sp³-hybridized carbons (Fsp3) is 0.769. The minimum Gasteiger partial charge on any atom is -0.278 e. The first-order chi connectivity index (χ1) is 7.86. The van der Waals surface area contributed by atoms with E-state index in [0.717, 1.165) is 11.6 Å². The molecule has 89 valence electrons. The summed E-state index contributed by atoms with van der Waals surface area (Å²) in [6, 6.07) is 0. The van der Waals surface area contributed by atoms with Crippen LogP contribution in [0.1, 0.15) is 64.2 Å². The van der Waals surface area contributed by atoms with Gasteiger partial charge in [-0.15, -0.1) is 0 Å². The predicted octanol–water partition coefficient (Wildman–Crippen LogP) is 3.51. The van der Waals surface area contributed by atoms with E-state index in [4.69, 9.17) is 5.73 Å². The van der Waals surface area contributed by atoms with E-state index in [2.05, 4.69) is 4.99 Å². The van der Waals surface area contributed by atoms with Crippen LogP contribution in [0.15, 0.2) is 10.6 Å². The lowest BCUT2D eigenvalue weighted by atomic mass is 10.0. The van der Waals surface area contributed by atoms with Gasteiger partial charge in [-0.25, -0.2) is 0 Å². The van der Waals surface area contributed by atoms with Crippen LogP contribution in [0.25, 0.3) is 0 Å². The quantitative estimate of drug-likeness (QED) is 0.701. The van der Waals surface area contributed by atoms with Crippen molar-refractivity contribution in [3.05, 3.63) is 10.6 Å². The average molecular weight is 238 g/mol. The SMILES string of the molecule is NC1=[N+]C2=C(CCCCCCCCCC2)S1. The molecule has 2 N–H and O–H groups in total. The molecule has 0 aromatic rings. The van der Waals surface area contributed by atoms with Gasteiger partial charge in [-0.05, 0) is 24.3 Å². The molecule has 3 heteroatoms. The van der Waals surface area contributed by atoms with Gasteiger partial charge in [-0.3, -0.25) is 5.73 Å². The lowest BCUT2D eigenvalue weighted by Crippen LogP contribution is -2.09. The highest BCUT2D eigenvalue weighted by Crippen LogP contribution is 2.31. The molecule has 1 radical (unpaired) electrons. The predicted molar refractivity (Wildman–Crippen MR) is 72.1 cm³/mol. The second-order valence-corrected chi connectivity index (χ2v) is 5.87. The summed E-state index contributed by atoms with van der Waals surface area (Å²) in [4.78, 5) is 5.93. The molecule has 1 aliphatic carbocycles. The number of amidine groups is 1. The smallest absolute Gasteiger partial charge is 0.278 e. The maximum absolute atomic E-state index is 5.81. The summed E-state index contributed by atoms with van der Waals surface area (Å²) < 4.78 is 0. The fourth-order valence-corrected chi connectivity index (χ4v) is 3.35. The van der Waals surface area contributed by atoms with Crippen LogP contribution in [-0.4, -0.2) is 5.17 Å². The van der Waals surface area contributed by atoms with Crippen molar-refractivity contribution in [2.75, 3.05) is 0 Å². The zero-order valence-electron chi connectivity index (χ0n) is 10.0. The Balaban J connectivity index is 1.93. The van der Waals surface area contributed by atoms with Gasteiger partial charge in [0.2, 0.25) is 0 Å². The summed E-state index contributed by atoms with van der Waals surface area (Å²) in [5.41, 5.74) is 7.10. The van der Waals surface area contributed by atoms with Crippen molar-refractivity contribution in [1.29, 1.82) is 0 Å². The van der Waals surface area contributed by atoms with Crippen LogP contribution in [0.5, 0.6) is 0 Å². The minimum absolute atomic E-state index is 0.764. The molecular weight excluding hydrogens is 216 g/mol. The van der Waals surface area contributed by atoms with Gasteiger partial charge in [0.05, 0.1) is 0 Å². The topological polar surface area (TPSA) is 40.1 Å². The van der Waals surface area contributed by atoms with E-state index < -0.39 is 0 Å². The molecule has 0 atom stereocenters. The molecule has 0 aromatic heterocycles. The largest absolute Gasteiger partial charge is 0.355 e. The van der Waals surface area contributed by atoms with Gasteiger partial charge >= 0.3 is 5.17 Å². The monoisotopic (exact) mass is 238 g/mol. The normalized spacial score (nSPS) is 24.4. The second kappa shape index (κ2) is 6.33. The number of thioether (sulfide) groups is 1. The first-order valence-electron chi connectivity index (χ1n) is 6.60. The molecule has 0 amide bonds. The molecule has 0 saturated carbocycles. The van der Waals surface area contributed by atoms with Crippen molar-refractivity contribution in [2.24, 2.45) is 5.73 Å². The zero-order valence-corrected chi connectivity index (χ0v) is 10.8. The van der Waals surface area contributed by atoms with Crippen LogP contribution in [-0.2, 0) is 0 Å². The van der Waals surface area contributed by atoms with Crippen LogP contribution < -0.4 is 10.7 Å². The molecule has 0 saturated heterocycles. The summed E-state index contributed by atoms with van der Waals surface area (Å²) in [5, 5.41) is 0.764. The number of allylic oxidation sites excluding steroid dienone is 2. The standard InChI is InChI=1S/C13H22N2S/c14-13-15-11-9-7-5-3-1-2-4-6-8-10-12(11)16-13/h1-10,14H2/q+1. The number of aliphatic imine (C=N–C) groups is 1. The Labute approximate surface area is 103 Å². The molecule has 0 unspecified atom stereocenters. The molecular formula is C13H22N2S+. The molecule has 0 aromatic carbocycles. The summed E-state index contributed by atoms with van der Waals surface area (Å²) in [6.07, 6.45) is 13.3. The lowest BCUT2D eigenvalue weighted by Gasteiger charge is -2.05. The van der Waals surface area contributed by atoms with Crippen LogP contribution in [0, 0.1) is 0 Å². The Morgan fingerprint density at radius 1 is 0.812 bits per heavy atom. The minimum atomic E-state index is 0.764. The van der Waals surface area contributed by atoms with Crippen LogP contribution in [0.3, 0.4) is 0 Å². The van der Waals surface area contributed by atoms with Gasteiger partial charge in [0, 0.05) is 23.1 Å². The van der Waals surface area contributed by atoms with Crippen molar-refractivity contribution >= 4 is 16.9 Å². The average Bonchev–Trinajstić information content (AvgIpc) is 2.59. The van der Waals surface area contributed by atoms with Crippen LogP contribution in [0.2, 0.25) is 0 Å². The summed E-state index contributed by atoms with van der Waals surface area (Å²) in [6.45, 7) is 0. The molecule has 2 nitrogen and oxygen atoms in total. The molecule has 16 heavy (non-hydrogen) atoms. The zero-order chi connectivity index (χ0) is 11.2. The van der Waals surface area contributed by atoms with Gasteiger partial charge in [-0.2, -0.15) is 0 Å². The number of nitrogens with zero attached hydrogens (tertiary/aromatic N) is 1. The third kappa shape index (κ3) is 3.55. The Morgan fingerprint density at radius 3 is 2.06 bits per heavy atom. The van der Waals surface area contributed by atoms with E-state index in [1.54, 1.807) is 11.8 Å². The molecule has 0 fully saturated rings. The van der Waals surface area contributed by atoms with E-state index >= 15 is 0 Å². The second-order valence-electron chi connectivity index (χ2n) is 4.75. The molecule has 0 bridgehead atoms. The third-order valence-corrected chi connectivity index (χ3v) is 4.35. The number of hydrogen-bond donors (Lipinski definition) is 1. The Kier molecular flexibility index (Phi) is 4.76. The Morgan fingerprint density at radius 2 is 1.38 bits per heavy atom. The number of nitrogens with two attached hydrogens (primary N) is 1. The molecule has 1 aliphatic heterocycles. The van der Waals surface area contributed by atoms with Crippen molar-refractivity contribution in [3.8, 4) is 0 Å². The Hall–Kier alpha value is -0.440. The van der Waals surface area contributed by atoms with Gasteiger partial charge in [-0.1, -0.05) is 38.5 Å². The Bertz CT molecular complexity index is 294. The summed E-state index contributed by atoms with van der Waals surface area (Å²) >= 11 is 1.71.